The van der Waals surface area contributed by atoms with E-state index < -0.39 is 17.8 Å². The number of benzene rings is 1. The molecule has 0 aliphatic heterocycles. The minimum Gasteiger partial charge on any atom is -0.460 e. The zero-order valence-corrected chi connectivity index (χ0v) is 15.6. The zero-order chi connectivity index (χ0) is 19.6. The van der Waals surface area contributed by atoms with Crippen LogP contribution in [0.4, 0.5) is 4.79 Å². The van der Waals surface area contributed by atoms with Gasteiger partial charge in [0.25, 0.3) is 5.78 Å². The molecular formula is C21H25NO5. The topological polar surface area (TPSA) is 81.7 Å². The Bertz CT molecular complexity index is 711. The normalized spacial score (nSPS) is 21.6. The van der Waals surface area contributed by atoms with Crippen molar-refractivity contribution in [1.82, 2.24) is 5.32 Å². The molecular weight excluding hydrogens is 346 g/mol. The molecule has 6 nitrogen and oxygen atoms in total. The van der Waals surface area contributed by atoms with Gasteiger partial charge in [-0.1, -0.05) is 55.5 Å². The standard InChI is InChI=1S/C21H25NO5/c1-3-26-20(24)19(23)13-12-17-15(2)8-7-11-18(17)22-21(25)27-14-16-9-5-4-6-10-16/h4-7,9-13,15,17-18H,3,8,14H2,1-2H3,(H,22,25)/b13-12+. The van der Waals surface area contributed by atoms with Crippen molar-refractivity contribution in [2.24, 2.45) is 11.8 Å². The zero-order valence-electron chi connectivity index (χ0n) is 15.6. The molecule has 1 amide bonds. The number of carbonyl (C=O) groups is 3. The first-order valence-corrected chi connectivity index (χ1v) is 9.04. The SMILES string of the molecule is CCOC(=O)C(=O)/C=C/C1C(C)CC=CC1NC(=O)OCc1ccccc1. The highest BCUT2D eigenvalue weighted by Gasteiger charge is 2.27. The highest BCUT2D eigenvalue weighted by molar-refractivity contribution is 6.38. The van der Waals surface area contributed by atoms with Crippen LogP contribution in [-0.4, -0.2) is 30.5 Å². The number of hydrogen-bond donors (Lipinski definition) is 1. The molecule has 0 radical (unpaired) electrons. The monoisotopic (exact) mass is 371 g/mol. The molecule has 0 aromatic heterocycles. The Kier molecular flexibility index (Phi) is 7.79. The highest BCUT2D eigenvalue weighted by Crippen LogP contribution is 2.27. The smallest absolute Gasteiger partial charge is 0.407 e. The van der Waals surface area contributed by atoms with Crippen LogP contribution in [0, 0.1) is 11.8 Å². The van der Waals surface area contributed by atoms with E-state index in [0.717, 1.165) is 12.0 Å². The number of ketones is 1. The summed E-state index contributed by atoms with van der Waals surface area (Å²) in [6.45, 7) is 4.00. The molecule has 0 bridgehead atoms. The van der Waals surface area contributed by atoms with E-state index in [-0.39, 0.29) is 31.1 Å². The average Bonchev–Trinajstić information content (AvgIpc) is 2.66. The van der Waals surface area contributed by atoms with Crippen LogP contribution in [0.3, 0.4) is 0 Å². The maximum Gasteiger partial charge on any atom is 0.407 e. The lowest BCUT2D eigenvalue weighted by Crippen LogP contribution is -2.42. The molecule has 0 heterocycles. The third kappa shape index (κ3) is 6.40. The molecule has 3 atom stereocenters. The third-order valence-electron chi connectivity index (χ3n) is 4.37. The van der Waals surface area contributed by atoms with Crippen LogP contribution in [0.5, 0.6) is 0 Å². The van der Waals surface area contributed by atoms with E-state index >= 15 is 0 Å². The first kappa shape index (κ1) is 20.4. The van der Waals surface area contributed by atoms with Gasteiger partial charge in [-0.25, -0.2) is 9.59 Å². The van der Waals surface area contributed by atoms with Gasteiger partial charge in [-0.2, -0.15) is 0 Å². The van der Waals surface area contributed by atoms with Crippen molar-refractivity contribution in [3.05, 3.63) is 60.2 Å². The molecule has 1 aromatic rings. The average molecular weight is 371 g/mol. The summed E-state index contributed by atoms with van der Waals surface area (Å²) in [5.41, 5.74) is 0.900. The number of nitrogens with one attached hydrogen (secondary N) is 1. The number of ether oxygens (including phenoxy) is 2. The molecule has 1 aliphatic rings. The van der Waals surface area contributed by atoms with Gasteiger partial charge in [0.05, 0.1) is 12.6 Å². The molecule has 0 spiro atoms. The first-order chi connectivity index (χ1) is 13.0. The second-order valence-corrected chi connectivity index (χ2v) is 6.39. The summed E-state index contributed by atoms with van der Waals surface area (Å²) in [4.78, 5) is 35.4. The molecule has 0 saturated heterocycles. The predicted octanol–water partition coefficient (Wildman–Crippen LogP) is 3.18. The molecule has 6 heteroatoms. The van der Waals surface area contributed by atoms with Crippen molar-refractivity contribution in [2.45, 2.75) is 32.9 Å². The fraction of sp³-hybridized carbons (Fsp3) is 0.381. The van der Waals surface area contributed by atoms with Gasteiger partial charge >= 0.3 is 12.1 Å². The third-order valence-corrected chi connectivity index (χ3v) is 4.37. The Morgan fingerprint density at radius 1 is 1.19 bits per heavy atom. The number of rotatable bonds is 7. The number of hydrogen-bond acceptors (Lipinski definition) is 5. The molecule has 2 rings (SSSR count). The van der Waals surface area contributed by atoms with Crippen LogP contribution < -0.4 is 5.32 Å². The highest BCUT2D eigenvalue weighted by atomic mass is 16.5. The molecule has 144 valence electrons. The molecule has 1 aromatic carbocycles. The van der Waals surface area contributed by atoms with Gasteiger partial charge in [-0.3, -0.25) is 4.79 Å². The van der Waals surface area contributed by atoms with Crippen molar-refractivity contribution >= 4 is 17.8 Å². The summed E-state index contributed by atoms with van der Waals surface area (Å²) < 4.78 is 9.95. The van der Waals surface area contributed by atoms with E-state index in [4.69, 9.17) is 9.47 Å². The molecule has 0 saturated carbocycles. The van der Waals surface area contributed by atoms with Gasteiger partial charge in [-0.15, -0.1) is 0 Å². The largest absolute Gasteiger partial charge is 0.460 e. The molecule has 1 N–H and O–H groups in total. The van der Waals surface area contributed by atoms with E-state index in [0.29, 0.717) is 0 Å². The second-order valence-electron chi connectivity index (χ2n) is 6.39. The molecule has 1 aliphatic carbocycles. The summed E-state index contributed by atoms with van der Waals surface area (Å²) in [7, 11) is 0. The molecule has 3 unspecified atom stereocenters. The van der Waals surface area contributed by atoms with Gasteiger partial charge in [0.1, 0.15) is 6.61 Å². The minimum absolute atomic E-state index is 0.127. The lowest BCUT2D eigenvalue weighted by atomic mass is 9.80. The van der Waals surface area contributed by atoms with Crippen LogP contribution in [-0.2, 0) is 25.7 Å². The van der Waals surface area contributed by atoms with Gasteiger partial charge < -0.3 is 14.8 Å². The lowest BCUT2D eigenvalue weighted by Gasteiger charge is -2.31. The van der Waals surface area contributed by atoms with Crippen LogP contribution in [0.25, 0.3) is 0 Å². The summed E-state index contributed by atoms with van der Waals surface area (Å²) in [5.74, 6) is -1.51. The van der Waals surface area contributed by atoms with Crippen LogP contribution in [0.15, 0.2) is 54.6 Å². The van der Waals surface area contributed by atoms with Crippen LogP contribution >= 0.6 is 0 Å². The molecule has 0 fully saturated rings. The van der Waals surface area contributed by atoms with Gasteiger partial charge in [0.2, 0.25) is 0 Å². The maximum absolute atomic E-state index is 12.1. The Labute approximate surface area is 159 Å². The van der Waals surface area contributed by atoms with Crippen molar-refractivity contribution in [3.63, 3.8) is 0 Å². The summed E-state index contributed by atoms with van der Waals surface area (Å²) in [6, 6.07) is 9.09. The van der Waals surface area contributed by atoms with Crippen LogP contribution in [0.2, 0.25) is 0 Å². The Morgan fingerprint density at radius 3 is 2.63 bits per heavy atom. The number of amides is 1. The maximum atomic E-state index is 12.1. The van der Waals surface area contributed by atoms with Gasteiger partial charge in [-0.05, 0) is 30.9 Å². The Morgan fingerprint density at radius 2 is 1.93 bits per heavy atom. The van der Waals surface area contributed by atoms with Crippen molar-refractivity contribution in [3.8, 4) is 0 Å². The van der Waals surface area contributed by atoms with Crippen molar-refractivity contribution in [2.75, 3.05) is 6.61 Å². The number of alkyl carbamates (subject to hydrolysis) is 1. The second kappa shape index (κ2) is 10.3. The molecule has 27 heavy (non-hydrogen) atoms. The first-order valence-electron chi connectivity index (χ1n) is 9.04. The number of carbonyl (C=O) groups excluding carboxylic acids is 3. The van der Waals surface area contributed by atoms with Crippen LogP contribution in [0.1, 0.15) is 25.8 Å². The quantitative estimate of drug-likeness (QED) is 0.345. The minimum atomic E-state index is -0.875. The number of allylic oxidation sites excluding steroid dienone is 1. The van der Waals surface area contributed by atoms with Crippen molar-refractivity contribution < 1.29 is 23.9 Å². The van der Waals surface area contributed by atoms with E-state index in [1.54, 1.807) is 13.0 Å². The van der Waals surface area contributed by atoms with Gasteiger partial charge in [0, 0.05) is 5.92 Å². The summed E-state index contributed by atoms with van der Waals surface area (Å²) in [5, 5.41) is 2.82. The Hall–Kier alpha value is -2.89. The number of esters is 1. The van der Waals surface area contributed by atoms with E-state index in [2.05, 4.69) is 5.32 Å². The lowest BCUT2D eigenvalue weighted by molar-refractivity contribution is -0.151. The fourth-order valence-corrected chi connectivity index (χ4v) is 2.90. The van der Waals surface area contributed by atoms with E-state index in [9.17, 15) is 14.4 Å². The van der Waals surface area contributed by atoms with E-state index in [1.165, 1.54) is 6.08 Å². The van der Waals surface area contributed by atoms with Crippen molar-refractivity contribution in [1.29, 1.82) is 0 Å². The summed E-state index contributed by atoms with van der Waals surface area (Å²) >= 11 is 0. The van der Waals surface area contributed by atoms with Gasteiger partial charge in [0.15, 0.2) is 0 Å². The Balaban J connectivity index is 1.95. The summed E-state index contributed by atoms with van der Waals surface area (Å²) in [6.07, 6.45) is 7.05. The van der Waals surface area contributed by atoms with E-state index in [1.807, 2.05) is 49.4 Å². The predicted molar refractivity (Wildman–Crippen MR) is 101 cm³/mol. The fourth-order valence-electron chi connectivity index (χ4n) is 2.90.